The van der Waals surface area contributed by atoms with Gasteiger partial charge in [0, 0.05) is 32.7 Å². The zero-order valence-corrected chi connectivity index (χ0v) is 32.9. The minimum Gasteiger partial charge on any atom is -0.496 e. The van der Waals surface area contributed by atoms with Crippen LogP contribution in [0.2, 0.25) is 0 Å². The number of thiophene rings is 1. The van der Waals surface area contributed by atoms with E-state index in [1.165, 1.54) is 57.6 Å². The summed E-state index contributed by atoms with van der Waals surface area (Å²) >= 11 is 2.72. The van der Waals surface area contributed by atoms with Crippen LogP contribution < -0.4 is 30.2 Å². The van der Waals surface area contributed by atoms with Crippen LogP contribution in [0.1, 0.15) is 60.4 Å². The summed E-state index contributed by atoms with van der Waals surface area (Å²) in [5.74, 6) is -0.669. The number of carbonyl (C=O) groups excluding carboxylic acids is 4. The van der Waals surface area contributed by atoms with Gasteiger partial charge in [-0.15, -0.1) is 23.1 Å². The third-order valence-corrected chi connectivity index (χ3v) is 11.5. The highest BCUT2D eigenvalue weighted by molar-refractivity contribution is 8.00. The first-order valence-electron chi connectivity index (χ1n) is 17.8. The van der Waals surface area contributed by atoms with E-state index in [0.29, 0.717) is 49.5 Å². The predicted molar refractivity (Wildman–Crippen MR) is 219 cm³/mol. The number of benzene rings is 4. The van der Waals surface area contributed by atoms with Gasteiger partial charge in [0.15, 0.2) is 11.5 Å². The number of anilines is 2. The van der Waals surface area contributed by atoms with E-state index in [9.17, 15) is 19.2 Å². The number of esters is 1. The maximum Gasteiger partial charge on any atom is 0.341 e. The molecule has 1 aromatic heterocycles. The Kier molecular flexibility index (Phi) is 13.1. The number of amides is 3. The lowest BCUT2D eigenvalue weighted by Crippen LogP contribution is -2.30. The Balaban J connectivity index is 1.29. The fraction of sp³-hybridized carbons (Fsp3) is 0.209. The van der Waals surface area contributed by atoms with Crippen LogP contribution in [0.3, 0.4) is 0 Å². The first-order valence-corrected chi connectivity index (χ1v) is 19.5. The third-order valence-electron chi connectivity index (χ3n) is 9.05. The Bertz CT molecular complexity index is 2260. The van der Waals surface area contributed by atoms with Crippen molar-refractivity contribution in [2.45, 2.75) is 35.8 Å². The van der Waals surface area contributed by atoms with E-state index in [1.807, 2.05) is 36.4 Å². The molecule has 3 amide bonds. The number of rotatable bonds is 14. The summed E-state index contributed by atoms with van der Waals surface area (Å²) in [6.07, 6.45) is 5.10. The monoisotopic (exact) mass is 791 g/mol. The zero-order valence-electron chi connectivity index (χ0n) is 31.3. The molecule has 11 nitrogen and oxygen atoms in total. The molecular formula is C43H41N3O8S2. The Hall–Kier alpha value is -6.05. The van der Waals surface area contributed by atoms with Gasteiger partial charge in [-0.1, -0.05) is 54.6 Å². The molecule has 1 aliphatic carbocycles. The van der Waals surface area contributed by atoms with Crippen LogP contribution in [-0.4, -0.2) is 52.1 Å². The van der Waals surface area contributed by atoms with Crippen LogP contribution in [0.4, 0.5) is 10.7 Å². The van der Waals surface area contributed by atoms with E-state index in [4.69, 9.17) is 18.9 Å². The molecule has 56 heavy (non-hydrogen) atoms. The summed E-state index contributed by atoms with van der Waals surface area (Å²) < 4.78 is 21.6. The van der Waals surface area contributed by atoms with Gasteiger partial charge < -0.3 is 34.9 Å². The molecule has 0 saturated heterocycles. The lowest BCUT2D eigenvalue weighted by Gasteiger charge is -2.18. The molecule has 4 aromatic carbocycles. The average Bonchev–Trinajstić information content (AvgIpc) is 3.60. The number of thioether (sulfide) groups is 1. The lowest BCUT2D eigenvalue weighted by atomic mass is 9.95. The number of nitrogens with one attached hydrogen (secondary N) is 3. The molecule has 288 valence electrons. The largest absolute Gasteiger partial charge is 0.496 e. The van der Waals surface area contributed by atoms with Crippen molar-refractivity contribution in [1.82, 2.24) is 5.32 Å². The summed E-state index contributed by atoms with van der Waals surface area (Å²) in [6, 6.07) is 28.2. The van der Waals surface area contributed by atoms with Crippen molar-refractivity contribution in [3.8, 4) is 17.2 Å². The van der Waals surface area contributed by atoms with Gasteiger partial charge in [0.2, 0.25) is 5.91 Å². The molecule has 6 rings (SSSR count). The third kappa shape index (κ3) is 9.24. The maximum absolute atomic E-state index is 14.2. The first-order chi connectivity index (χ1) is 27.2. The summed E-state index contributed by atoms with van der Waals surface area (Å²) in [7, 11) is 5.83. The molecule has 1 atom stereocenters. The molecule has 0 spiro atoms. The van der Waals surface area contributed by atoms with Crippen LogP contribution in [0.5, 0.6) is 17.2 Å². The molecule has 1 unspecified atom stereocenters. The predicted octanol–water partition coefficient (Wildman–Crippen LogP) is 8.32. The smallest absolute Gasteiger partial charge is 0.341 e. The van der Waals surface area contributed by atoms with Gasteiger partial charge in [0.25, 0.3) is 11.8 Å². The van der Waals surface area contributed by atoms with Crippen LogP contribution in [0.25, 0.3) is 6.08 Å². The molecule has 0 fully saturated rings. The van der Waals surface area contributed by atoms with Crippen molar-refractivity contribution in [2.24, 2.45) is 0 Å². The van der Waals surface area contributed by atoms with Crippen molar-refractivity contribution in [2.75, 3.05) is 39.1 Å². The van der Waals surface area contributed by atoms with Crippen LogP contribution in [0, 0.1) is 0 Å². The SMILES string of the molecule is COC(=O)c1c(NC(=O)C(Sc2cccc(NC(=O)/C(=C\c3cc(OC)c(OC)cc3OC)NC(=O)c3ccccc3)c2)c2ccccc2)sc2c1CCCC2. The van der Waals surface area contributed by atoms with Crippen LogP contribution >= 0.6 is 23.1 Å². The number of methoxy groups -OCH3 is 4. The number of aryl methyl sites for hydroxylation is 1. The van der Waals surface area contributed by atoms with Crippen molar-refractivity contribution >= 4 is 63.6 Å². The Morgan fingerprint density at radius 3 is 2.12 bits per heavy atom. The zero-order chi connectivity index (χ0) is 39.6. The highest BCUT2D eigenvalue weighted by Crippen LogP contribution is 2.42. The molecule has 0 saturated carbocycles. The van der Waals surface area contributed by atoms with E-state index in [0.717, 1.165) is 41.7 Å². The topological polar surface area (TPSA) is 141 Å². The van der Waals surface area contributed by atoms with Crippen LogP contribution in [0.15, 0.2) is 108 Å². The van der Waals surface area contributed by atoms with E-state index in [1.54, 1.807) is 60.7 Å². The summed E-state index contributed by atoms with van der Waals surface area (Å²) in [4.78, 5) is 56.2. The van der Waals surface area contributed by atoms with Gasteiger partial charge in [-0.05, 0) is 79.3 Å². The fourth-order valence-corrected chi connectivity index (χ4v) is 8.66. The normalized spacial score (nSPS) is 12.8. The first kappa shape index (κ1) is 39.6. The molecule has 13 heteroatoms. The van der Waals surface area contributed by atoms with Gasteiger partial charge in [0.1, 0.15) is 21.7 Å². The van der Waals surface area contributed by atoms with E-state index in [-0.39, 0.29) is 11.6 Å². The number of hydrogen-bond acceptors (Lipinski definition) is 10. The molecule has 1 aliphatic rings. The highest BCUT2D eigenvalue weighted by atomic mass is 32.2. The average molecular weight is 792 g/mol. The molecule has 1 heterocycles. The van der Waals surface area contributed by atoms with Crippen LogP contribution in [-0.2, 0) is 27.2 Å². The number of carbonyl (C=O) groups is 4. The number of ether oxygens (including phenoxy) is 4. The quantitative estimate of drug-likeness (QED) is 0.0575. The fourth-order valence-electron chi connectivity index (χ4n) is 6.30. The molecule has 0 bridgehead atoms. The van der Waals surface area contributed by atoms with Gasteiger partial charge in [0.05, 0.1) is 34.0 Å². The molecule has 0 aliphatic heterocycles. The van der Waals surface area contributed by atoms with Crippen molar-refractivity contribution in [1.29, 1.82) is 0 Å². The lowest BCUT2D eigenvalue weighted by molar-refractivity contribution is -0.116. The van der Waals surface area contributed by atoms with E-state index < -0.39 is 23.0 Å². The Morgan fingerprint density at radius 1 is 0.750 bits per heavy atom. The van der Waals surface area contributed by atoms with Crippen molar-refractivity contribution < 1.29 is 38.1 Å². The number of fused-ring (bicyclic) bond motifs is 1. The Morgan fingerprint density at radius 2 is 1.43 bits per heavy atom. The van der Waals surface area contributed by atoms with Gasteiger partial charge in [-0.3, -0.25) is 14.4 Å². The minimum atomic E-state index is -0.718. The second-order valence-corrected chi connectivity index (χ2v) is 14.9. The number of hydrogen-bond donors (Lipinski definition) is 3. The van der Waals surface area contributed by atoms with Gasteiger partial charge >= 0.3 is 5.97 Å². The van der Waals surface area contributed by atoms with Gasteiger partial charge in [-0.25, -0.2) is 4.79 Å². The summed E-state index contributed by atoms with van der Waals surface area (Å²) in [5.41, 5.74) is 3.30. The second kappa shape index (κ2) is 18.5. The summed E-state index contributed by atoms with van der Waals surface area (Å²) in [5, 5.41) is 8.48. The van der Waals surface area contributed by atoms with Gasteiger partial charge in [-0.2, -0.15) is 0 Å². The molecular weight excluding hydrogens is 751 g/mol. The molecule has 5 aromatic rings. The molecule has 3 N–H and O–H groups in total. The minimum absolute atomic E-state index is 0.0657. The van der Waals surface area contributed by atoms with Crippen molar-refractivity contribution in [3.63, 3.8) is 0 Å². The van der Waals surface area contributed by atoms with E-state index >= 15 is 0 Å². The summed E-state index contributed by atoms with van der Waals surface area (Å²) in [6.45, 7) is 0. The van der Waals surface area contributed by atoms with E-state index in [2.05, 4.69) is 16.0 Å². The highest BCUT2D eigenvalue weighted by Gasteiger charge is 2.30. The maximum atomic E-state index is 14.2. The Labute approximate surface area is 333 Å². The van der Waals surface area contributed by atoms with Crippen molar-refractivity contribution in [3.05, 3.63) is 135 Å². The standard InChI is InChI=1S/C43H41N3O8S2/c1-51-33-25-35(53-3)34(52-2)23-28(33)22-32(45-39(47)27-16-9-6-10-17-27)40(48)44-29-18-13-19-30(24-29)55-38(26-14-7-5-8-15-26)41(49)46-42-37(43(50)54-4)31-20-11-12-21-36(31)56-42/h5-10,13-19,22-25,38H,11-12,20-21H2,1-4H3,(H,44,48)(H,45,47)(H,46,49)/b32-22+. The second-order valence-electron chi connectivity index (χ2n) is 12.6. The molecule has 0 radical (unpaired) electrons.